The number of hydrogen-bond donors (Lipinski definition) is 2. The van der Waals surface area contributed by atoms with Gasteiger partial charge in [-0.1, -0.05) is 0 Å². The van der Waals surface area contributed by atoms with Crippen LogP contribution in [0.3, 0.4) is 0 Å². The van der Waals surface area contributed by atoms with E-state index in [-0.39, 0.29) is 30.7 Å². The van der Waals surface area contributed by atoms with Gasteiger partial charge in [-0.2, -0.15) is 0 Å². The van der Waals surface area contributed by atoms with Crippen molar-refractivity contribution in [3.05, 3.63) is 24.3 Å². The second-order valence-electron chi connectivity index (χ2n) is 3.70. The Labute approximate surface area is 113 Å². The highest BCUT2D eigenvalue weighted by Gasteiger charge is 2.08. The number of phenols is 1. The van der Waals surface area contributed by atoms with Crippen molar-refractivity contribution in [2.45, 2.75) is 0 Å². The number of hydrogen-bond acceptors (Lipinski definition) is 4. The van der Waals surface area contributed by atoms with Crippen molar-refractivity contribution < 1.29 is 14.6 Å². The van der Waals surface area contributed by atoms with E-state index in [1.54, 1.807) is 24.1 Å². The molecule has 1 aromatic rings. The summed E-state index contributed by atoms with van der Waals surface area (Å²) in [5.41, 5.74) is 0. The molecule has 0 unspecified atom stereocenters. The number of amides is 1. The van der Waals surface area contributed by atoms with Gasteiger partial charge in [-0.3, -0.25) is 4.79 Å². The van der Waals surface area contributed by atoms with E-state index in [1.807, 2.05) is 7.05 Å². The van der Waals surface area contributed by atoms with Crippen molar-refractivity contribution in [1.29, 1.82) is 0 Å². The van der Waals surface area contributed by atoms with Crippen molar-refractivity contribution in [2.24, 2.45) is 0 Å². The summed E-state index contributed by atoms with van der Waals surface area (Å²) in [5, 5.41) is 12.1. The van der Waals surface area contributed by atoms with Gasteiger partial charge in [-0.05, 0) is 31.3 Å². The molecule has 102 valence electrons. The molecular formula is C12H19ClN2O3. The van der Waals surface area contributed by atoms with Crippen molar-refractivity contribution in [3.63, 3.8) is 0 Å². The van der Waals surface area contributed by atoms with E-state index in [2.05, 4.69) is 5.32 Å². The number of rotatable bonds is 6. The molecule has 6 heteroatoms. The number of nitrogens with one attached hydrogen (secondary N) is 1. The largest absolute Gasteiger partial charge is 0.508 e. The highest BCUT2D eigenvalue weighted by Crippen LogP contribution is 2.15. The molecule has 1 rings (SSSR count). The maximum absolute atomic E-state index is 11.6. The van der Waals surface area contributed by atoms with Crippen LogP contribution in [0.25, 0.3) is 0 Å². The van der Waals surface area contributed by atoms with E-state index in [9.17, 15) is 4.79 Å². The molecule has 0 bridgehead atoms. The molecule has 0 radical (unpaired) electrons. The Morgan fingerprint density at radius 2 is 2.00 bits per heavy atom. The average molecular weight is 275 g/mol. The van der Waals surface area contributed by atoms with E-state index >= 15 is 0 Å². The molecule has 0 fully saturated rings. The Hall–Kier alpha value is -1.46. The molecule has 2 N–H and O–H groups in total. The van der Waals surface area contributed by atoms with Crippen molar-refractivity contribution in [3.8, 4) is 11.5 Å². The molecule has 0 aliphatic rings. The van der Waals surface area contributed by atoms with E-state index in [1.165, 1.54) is 12.1 Å². The first kappa shape index (κ1) is 16.5. The van der Waals surface area contributed by atoms with E-state index < -0.39 is 0 Å². The highest BCUT2D eigenvalue weighted by molar-refractivity contribution is 5.85. The lowest BCUT2D eigenvalue weighted by molar-refractivity contribution is -0.131. The topological polar surface area (TPSA) is 61.8 Å². The zero-order valence-corrected chi connectivity index (χ0v) is 11.4. The summed E-state index contributed by atoms with van der Waals surface area (Å²) in [7, 11) is 3.57. The SMILES string of the molecule is CNCCN(C)C(=O)COc1ccc(O)cc1.Cl. The van der Waals surface area contributed by atoms with Crippen LogP contribution in [0, 0.1) is 0 Å². The normalized spacial score (nSPS) is 9.44. The summed E-state index contributed by atoms with van der Waals surface area (Å²) < 4.78 is 5.30. The number of likely N-dealkylation sites (N-methyl/N-ethyl adjacent to an activating group) is 2. The van der Waals surface area contributed by atoms with Crippen LogP contribution in [0.4, 0.5) is 0 Å². The zero-order chi connectivity index (χ0) is 12.7. The predicted molar refractivity (Wildman–Crippen MR) is 72.4 cm³/mol. The molecule has 1 aromatic carbocycles. The second kappa shape index (κ2) is 8.60. The molecule has 0 aromatic heterocycles. The molecule has 0 spiro atoms. The smallest absolute Gasteiger partial charge is 0.260 e. The minimum atomic E-state index is -0.0756. The number of benzene rings is 1. The fraction of sp³-hybridized carbons (Fsp3) is 0.417. The van der Waals surface area contributed by atoms with Crippen LogP contribution in [0.5, 0.6) is 11.5 Å². The van der Waals surface area contributed by atoms with Gasteiger partial charge in [-0.15, -0.1) is 12.4 Å². The molecule has 18 heavy (non-hydrogen) atoms. The summed E-state index contributed by atoms with van der Waals surface area (Å²) in [6.45, 7) is 1.40. The Morgan fingerprint density at radius 3 is 2.56 bits per heavy atom. The first-order valence-corrected chi connectivity index (χ1v) is 5.44. The number of aromatic hydroxyl groups is 1. The van der Waals surface area contributed by atoms with Crippen molar-refractivity contribution in [2.75, 3.05) is 33.8 Å². The fourth-order valence-electron chi connectivity index (χ4n) is 1.20. The van der Waals surface area contributed by atoms with Gasteiger partial charge in [0.25, 0.3) is 5.91 Å². The van der Waals surface area contributed by atoms with Crippen LogP contribution < -0.4 is 10.1 Å². The lowest BCUT2D eigenvalue weighted by atomic mass is 10.3. The fourth-order valence-corrected chi connectivity index (χ4v) is 1.20. The lowest BCUT2D eigenvalue weighted by Gasteiger charge is -2.17. The summed E-state index contributed by atoms with van der Waals surface area (Å²) in [6, 6.07) is 6.28. The molecule has 5 nitrogen and oxygen atoms in total. The van der Waals surface area contributed by atoms with Crippen molar-refractivity contribution in [1.82, 2.24) is 10.2 Å². The lowest BCUT2D eigenvalue weighted by Crippen LogP contribution is -2.35. The first-order valence-electron chi connectivity index (χ1n) is 5.44. The number of halogens is 1. The quantitative estimate of drug-likeness (QED) is 0.808. The number of carbonyl (C=O) groups is 1. The maximum Gasteiger partial charge on any atom is 0.260 e. The summed E-state index contributed by atoms with van der Waals surface area (Å²) in [6.07, 6.45) is 0. The monoisotopic (exact) mass is 274 g/mol. The Balaban J connectivity index is 0.00000289. The number of carbonyl (C=O) groups excluding carboxylic acids is 1. The summed E-state index contributed by atoms with van der Waals surface area (Å²) in [5.74, 6) is 0.668. The van der Waals surface area contributed by atoms with E-state index in [0.717, 1.165) is 6.54 Å². The van der Waals surface area contributed by atoms with Gasteiger partial charge in [0.15, 0.2) is 6.61 Å². The first-order chi connectivity index (χ1) is 8.13. The molecule has 0 aliphatic carbocycles. The Kier molecular flexibility index (Phi) is 7.91. The summed E-state index contributed by atoms with van der Waals surface area (Å²) >= 11 is 0. The molecule has 0 aliphatic heterocycles. The minimum absolute atomic E-state index is 0. The molecule has 1 amide bonds. The molecular weight excluding hydrogens is 256 g/mol. The van der Waals surface area contributed by atoms with Gasteiger partial charge in [0.2, 0.25) is 0 Å². The minimum Gasteiger partial charge on any atom is -0.508 e. The highest BCUT2D eigenvalue weighted by atomic mass is 35.5. The van der Waals surface area contributed by atoms with Gasteiger partial charge in [0.05, 0.1) is 0 Å². The van der Waals surface area contributed by atoms with Crippen LogP contribution in [-0.2, 0) is 4.79 Å². The maximum atomic E-state index is 11.6. The van der Waals surface area contributed by atoms with Gasteiger partial charge >= 0.3 is 0 Å². The van der Waals surface area contributed by atoms with Gasteiger partial charge in [-0.25, -0.2) is 0 Å². The van der Waals surface area contributed by atoms with Crippen LogP contribution >= 0.6 is 12.4 Å². The summed E-state index contributed by atoms with van der Waals surface area (Å²) in [4.78, 5) is 13.2. The predicted octanol–water partition coefficient (Wildman–Crippen LogP) is 0.871. The Bertz CT molecular complexity index is 357. The van der Waals surface area contributed by atoms with E-state index in [0.29, 0.717) is 12.3 Å². The average Bonchev–Trinajstić information content (AvgIpc) is 2.34. The van der Waals surface area contributed by atoms with Gasteiger partial charge in [0.1, 0.15) is 11.5 Å². The standard InChI is InChI=1S/C12H18N2O3.ClH/c1-13-7-8-14(2)12(16)9-17-11-5-3-10(15)4-6-11;/h3-6,13,15H,7-9H2,1-2H3;1H. The van der Waals surface area contributed by atoms with Gasteiger partial charge < -0.3 is 20.1 Å². The van der Waals surface area contributed by atoms with Crippen LogP contribution in [0.1, 0.15) is 0 Å². The van der Waals surface area contributed by atoms with E-state index in [4.69, 9.17) is 9.84 Å². The van der Waals surface area contributed by atoms with Crippen LogP contribution in [0.15, 0.2) is 24.3 Å². The third-order valence-electron chi connectivity index (χ3n) is 2.32. The third-order valence-corrected chi connectivity index (χ3v) is 2.32. The number of ether oxygens (including phenoxy) is 1. The molecule has 0 saturated carbocycles. The molecule has 0 atom stereocenters. The number of nitrogens with zero attached hydrogens (tertiary/aromatic N) is 1. The second-order valence-corrected chi connectivity index (χ2v) is 3.70. The number of phenolic OH excluding ortho intramolecular Hbond substituents is 1. The Morgan fingerprint density at radius 1 is 1.39 bits per heavy atom. The van der Waals surface area contributed by atoms with Crippen LogP contribution in [-0.4, -0.2) is 49.7 Å². The van der Waals surface area contributed by atoms with Gasteiger partial charge in [0, 0.05) is 20.1 Å². The van der Waals surface area contributed by atoms with Crippen LogP contribution in [0.2, 0.25) is 0 Å². The zero-order valence-electron chi connectivity index (χ0n) is 10.5. The third kappa shape index (κ3) is 5.75. The van der Waals surface area contributed by atoms with Crippen molar-refractivity contribution >= 4 is 18.3 Å². The molecule has 0 heterocycles. The molecule has 0 saturated heterocycles.